The molecule has 168 valence electrons. The van der Waals surface area contributed by atoms with Crippen molar-refractivity contribution in [1.29, 1.82) is 0 Å². The minimum Gasteiger partial charge on any atom is -0.494 e. The molecule has 0 atom stereocenters. The van der Waals surface area contributed by atoms with Crippen molar-refractivity contribution < 1.29 is 14.3 Å². The van der Waals surface area contributed by atoms with Crippen LogP contribution in [0, 0.1) is 0 Å². The van der Waals surface area contributed by atoms with Gasteiger partial charge in [0.05, 0.1) is 12.4 Å². The van der Waals surface area contributed by atoms with Gasteiger partial charge in [0.15, 0.2) is 16.6 Å². The number of allylic oxidation sites excluding steroid dienone is 1. The zero-order valence-electron chi connectivity index (χ0n) is 18.0. The van der Waals surface area contributed by atoms with Crippen molar-refractivity contribution in [3.8, 4) is 22.9 Å². The quantitative estimate of drug-likeness (QED) is 0.174. The molecule has 8 nitrogen and oxygen atoms in total. The molecule has 0 saturated carbocycles. The summed E-state index contributed by atoms with van der Waals surface area (Å²) in [5.74, 6) is 1.25. The van der Waals surface area contributed by atoms with E-state index in [1.807, 2.05) is 49.4 Å². The Balaban J connectivity index is 1.56. The van der Waals surface area contributed by atoms with Gasteiger partial charge in [-0.2, -0.15) is 0 Å². The van der Waals surface area contributed by atoms with Gasteiger partial charge in [0.25, 0.3) is 5.56 Å². The number of thioether (sulfide) groups is 1. The number of fused-ring (bicyclic) bond motifs is 1. The molecule has 0 spiro atoms. The van der Waals surface area contributed by atoms with Crippen LogP contribution in [0.15, 0.2) is 77.2 Å². The highest BCUT2D eigenvalue weighted by Gasteiger charge is 2.15. The highest BCUT2D eigenvalue weighted by Crippen LogP contribution is 2.24. The summed E-state index contributed by atoms with van der Waals surface area (Å²) in [7, 11) is 0. The number of nitrogens with zero attached hydrogens (tertiary/aromatic N) is 3. The minimum absolute atomic E-state index is 0.00251. The predicted octanol–water partition coefficient (Wildman–Crippen LogP) is 3.91. The van der Waals surface area contributed by atoms with Gasteiger partial charge in [-0.25, -0.2) is 14.5 Å². The molecule has 0 unspecified atom stereocenters. The Labute approximate surface area is 194 Å². The van der Waals surface area contributed by atoms with Gasteiger partial charge in [-0.3, -0.25) is 14.7 Å². The number of hydrogen-bond donors (Lipinski definition) is 1. The van der Waals surface area contributed by atoms with Crippen LogP contribution in [0.3, 0.4) is 0 Å². The average molecular weight is 463 g/mol. The highest BCUT2D eigenvalue weighted by molar-refractivity contribution is 7.99. The number of rotatable bonds is 9. The summed E-state index contributed by atoms with van der Waals surface area (Å²) in [5, 5.41) is 3.08. The van der Waals surface area contributed by atoms with Gasteiger partial charge >= 0.3 is 5.97 Å². The van der Waals surface area contributed by atoms with E-state index in [0.29, 0.717) is 35.4 Å². The molecule has 0 saturated heterocycles. The van der Waals surface area contributed by atoms with E-state index >= 15 is 0 Å². The number of benzene rings is 2. The Morgan fingerprint density at radius 3 is 2.73 bits per heavy atom. The molecule has 0 fully saturated rings. The maximum Gasteiger partial charge on any atom is 0.321 e. The number of esters is 1. The summed E-state index contributed by atoms with van der Waals surface area (Å²) < 4.78 is 12.5. The molecule has 0 aliphatic heterocycles. The number of aromatic amines is 1. The maximum atomic E-state index is 12.5. The van der Waals surface area contributed by atoms with Gasteiger partial charge in [0.2, 0.25) is 0 Å². The molecule has 0 amide bonds. The van der Waals surface area contributed by atoms with Crippen LogP contribution in [0.1, 0.15) is 12.5 Å². The first kappa shape index (κ1) is 22.3. The summed E-state index contributed by atoms with van der Waals surface area (Å²) in [6.07, 6.45) is 2.35. The van der Waals surface area contributed by atoms with Crippen molar-refractivity contribution in [2.75, 3.05) is 12.4 Å². The summed E-state index contributed by atoms with van der Waals surface area (Å²) in [4.78, 5) is 33.5. The number of hydrogen-bond acceptors (Lipinski definition) is 7. The van der Waals surface area contributed by atoms with Gasteiger partial charge < -0.3 is 9.47 Å². The summed E-state index contributed by atoms with van der Waals surface area (Å²) in [5.41, 5.74) is 1.74. The fourth-order valence-electron chi connectivity index (χ4n) is 3.18. The third kappa shape index (κ3) is 5.32. The van der Waals surface area contributed by atoms with E-state index in [-0.39, 0.29) is 11.3 Å². The molecule has 0 aliphatic carbocycles. The van der Waals surface area contributed by atoms with Crippen molar-refractivity contribution >= 4 is 23.4 Å². The van der Waals surface area contributed by atoms with Gasteiger partial charge in [-0.15, -0.1) is 6.58 Å². The summed E-state index contributed by atoms with van der Waals surface area (Å²) in [6, 6.07) is 16.1. The van der Waals surface area contributed by atoms with Gasteiger partial charge in [0.1, 0.15) is 11.5 Å². The molecule has 0 aliphatic rings. The molecule has 2 aromatic heterocycles. The number of ether oxygens (including phenoxy) is 2. The van der Waals surface area contributed by atoms with E-state index in [4.69, 9.17) is 9.47 Å². The van der Waals surface area contributed by atoms with Gasteiger partial charge in [-0.05, 0) is 49.2 Å². The second-order valence-electron chi connectivity index (χ2n) is 6.96. The number of para-hydroxylation sites is 1. The zero-order valence-corrected chi connectivity index (χ0v) is 18.8. The lowest BCUT2D eigenvalue weighted by Crippen LogP contribution is -2.13. The van der Waals surface area contributed by atoms with Crippen LogP contribution >= 0.6 is 11.8 Å². The van der Waals surface area contributed by atoms with Crippen LogP contribution in [0.25, 0.3) is 17.0 Å². The van der Waals surface area contributed by atoms with Crippen molar-refractivity contribution in [1.82, 2.24) is 19.6 Å². The Hall–Kier alpha value is -3.85. The molecule has 2 heterocycles. The summed E-state index contributed by atoms with van der Waals surface area (Å²) >= 11 is 1.15. The van der Waals surface area contributed by atoms with Gasteiger partial charge in [-0.1, -0.05) is 36.0 Å². The van der Waals surface area contributed by atoms with Crippen molar-refractivity contribution in [3.05, 3.63) is 83.2 Å². The monoisotopic (exact) mass is 462 g/mol. The van der Waals surface area contributed by atoms with Crippen LogP contribution in [0.4, 0.5) is 0 Å². The number of nitrogens with one attached hydrogen (secondary N) is 1. The first-order valence-corrected chi connectivity index (χ1v) is 11.3. The molecule has 33 heavy (non-hydrogen) atoms. The fraction of sp³-hybridized carbons (Fsp3) is 0.167. The molecule has 2 aromatic carbocycles. The fourth-order valence-corrected chi connectivity index (χ4v) is 3.90. The van der Waals surface area contributed by atoms with Crippen LogP contribution in [0.5, 0.6) is 11.5 Å². The number of carbonyl (C=O) groups excluding carboxylic acids is 1. The molecule has 1 N–H and O–H groups in total. The lowest BCUT2D eigenvalue weighted by molar-refractivity contribution is -0.131. The van der Waals surface area contributed by atoms with Gasteiger partial charge in [0, 0.05) is 11.6 Å². The standard InChI is InChI=1S/C24H22N4O4S/c1-3-7-16-8-5-6-9-19(16)32-22(30)15-33-24-26-23(25-20-14-21(29)27-28(20)24)17-10-12-18(13-11-17)31-4-2/h3,5-6,8-14H,1,4,7,15H2,2H3,(H,27,29). The lowest BCUT2D eigenvalue weighted by Gasteiger charge is -2.10. The van der Waals surface area contributed by atoms with E-state index in [1.54, 1.807) is 12.1 Å². The van der Waals surface area contributed by atoms with Crippen molar-refractivity contribution in [3.63, 3.8) is 0 Å². The topological polar surface area (TPSA) is 98.6 Å². The average Bonchev–Trinajstić information content (AvgIpc) is 3.20. The van der Waals surface area contributed by atoms with Crippen molar-refractivity contribution in [2.24, 2.45) is 0 Å². The van der Waals surface area contributed by atoms with Crippen LogP contribution in [-0.4, -0.2) is 37.9 Å². The number of aromatic nitrogens is 4. The Morgan fingerprint density at radius 1 is 1.18 bits per heavy atom. The van der Waals surface area contributed by atoms with E-state index in [2.05, 4.69) is 21.6 Å². The highest BCUT2D eigenvalue weighted by atomic mass is 32.2. The van der Waals surface area contributed by atoms with Crippen molar-refractivity contribution in [2.45, 2.75) is 18.5 Å². The molecule has 0 radical (unpaired) electrons. The van der Waals surface area contributed by atoms with E-state index in [9.17, 15) is 9.59 Å². The smallest absolute Gasteiger partial charge is 0.321 e. The maximum absolute atomic E-state index is 12.5. The molecule has 4 aromatic rings. The Morgan fingerprint density at radius 2 is 1.97 bits per heavy atom. The van der Waals surface area contributed by atoms with Crippen LogP contribution in [0.2, 0.25) is 0 Å². The predicted molar refractivity (Wildman–Crippen MR) is 127 cm³/mol. The molecular formula is C24H22N4O4S. The molecular weight excluding hydrogens is 440 g/mol. The number of H-pyrrole nitrogens is 1. The van der Waals surface area contributed by atoms with E-state index in [1.165, 1.54) is 10.6 Å². The van der Waals surface area contributed by atoms with Crippen LogP contribution in [-0.2, 0) is 11.2 Å². The SMILES string of the molecule is C=CCc1ccccc1OC(=O)CSc1nc(-c2ccc(OCC)cc2)nc2cc(=O)[nH]n12. The van der Waals surface area contributed by atoms with E-state index < -0.39 is 5.97 Å². The normalized spacial score (nSPS) is 10.8. The molecule has 0 bridgehead atoms. The first-order valence-electron chi connectivity index (χ1n) is 10.3. The lowest BCUT2D eigenvalue weighted by atomic mass is 10.1. The number of carbonyl (C=O) groups is 1. The third-order valence-corrected chi connectivity index (χ3v) is 5.54. The molecule has 9 heteroatoms. The van der Waals surface area contributed by atoms with Crippen LogP contribution < -0.4 is 15.0 Å². The summed E-state index contributed by atoms with van der Waals surface area (Å²) in [6.45, 7) is 6.22. The molecule has 4 rings (SSSR count). The minimum atomic E-state index is -0.430. The second-order valence-corrected chi connectivity index (χ2v) is 7.91. The second kappa shape index (κ2) is 10.2. The largest absolute Gasteiger partial charge is 0.494 e. The first-order chi connectivity index (χ1) is 16.1. The Bertz CT molecular complexity index is 1340. The Kier molecular flexibility index (Phi) is 6.89. The third-order valence-electron chi connectivity index (χ3n) is 4.63. The zero-order chi connectivity index (χ0) is 23.2. The van der Waals surface area contributed by atoms with E-state index in [0.717, 1.165) is 28.6 Å².